The summed E-state index contributed by atoms with van der Waals surface area (Å²) in [4.78, 5) is 24.3. The van der Waals surface area contributed by atoms with Gasteiger partial charge in [0, 0.05) is 6.92 Å². The third kappa shape index (κ3) is 6.76. The zero-order chi connectivity index (χ0) is 20.6. The van der Waals surface area contributed by atoms with Crippen molar-refractivity contribution in [2.75, 3.05) is 0 Å². The average Bonchev–Trinajstić information content (AvgIpc) is 3.21. The highest BCUT2D eigenvalue weighted by molar-refractivity contribution is 5.77. The molecule has 2 atom stereocenters. The van der Waals surface area contributed by atoms with Crippen molar-refractivity contribution < 1.29 is 23.8 Å². The van der Waals surface area contributed by atoms with E-state index in [-0.39, 0.29) is 6.10 Å². The summed E-state index contributed by atoms with van der Waals surface area (Å²) < 4.78 is 15.7. The van der Waals surface area contributed by atoms with Crippen LogP contribution in [0, 0.1) is 5.92 Å². The Labute approximate surface area is 174 Å². The van der Waals surface area contributed by atoms with E-state index in [9.17, 15) is 9.59 Å². The summed E-state index contributed by atoms with van der Waals surface area (Å²) in [7, 11) is 0. The monoisotopic (exact) mass is 402 g/mol. The van der Waals surface area contributed by atoms with Crippen molar-refractivity contribution in [3.05, 3.63) is 35.4 Å². The minimum absolute atomic E-state index is 0.0826. The Morgan fingerprint density at radius 1 is 0.897 bits per heavy atom. The van der Waals surface area contributed by atoms with Crippen molar-refractivity contribution in [2.24, 2.45) is 5.92 Å². The van der Waals surface area contributed by atoms with Gasteiger partial charge in [-0.3, -0.25) is 4.79 Å². The molecule has 0 amide bonds. The molecule has 160 valence electrons. The second-order valence-electron chi connectivity index (χ2n) is 8.57. The standard InChI is InChI=1S/C24H34O5/c1-17(21-14-12-20(13-15-21)16-19-8-6-7-9-19)23(25)27-18(2)28-24(26)29-22-10-4-3-5-11-22/h12-15,17-19,22H,3-11,16H2,1-2H3/t17-,18?/m0/s1. The average molecular weight is 403 g/mol. The summed E-state index contributed by atoms with van der Waals surface area (Å²) in [6.07, 6.45) is 9.71. The van der Waals surface area contributed by atoms with Gasteiger partial charge in [-0.2, -0.15) is 0 Å². The molecule has 2 aliphatic rings. The fourth-order valence-corrected chi connectivity index (χ4v) is 4.40. The first kappa shape index (κ1) is 21.7. The van der Waals surface area contributed by atoms with Crippen molar-refractivity contribution in [3.8, 4) is 0 Å². The number of esters is 1. The maximum atomic E-state index is 12.4. The second kappa shape index (κ2) is 10.7. The van der Waals surface area contributed by atoms with Crippen LogP contribution in [0.2, 0.25) is 0 Å². The molecule has 0 radical (unpaired) electrons. The minimum Gasteiger partial charge on any atom is -0.431 e. The molecule has 1 unspecified atom stereocenters. The van der Waals surface area contributed by atoms with E-state index in [0.717, 1.165) is 43.6 Å². The quantitative estimate of drug-likeness (QED) is 0.420. The van der Waals surface area contributed by atoms with Crippen molar-refractivity contribution in [1.29, 1.82) is 0 Å². The molecule has 0 bridgehead atoms. The number of carbonyl (C=O) groups excluding carboxylic acids is 2. The van der Waals surface area contributed by atoms with E-state index >= 15 is 0 Å². The normalized spacial score (nSPS) is 20.1. The van der Waals surface area contributed by atoms with Crippen molar-refractivity contribution in [1.82, 2.24) is 0 Å². The van der Waals surface area contributed by atoms with Gasteiger partial charge in [-0.1, -0.05) is 56.4 Å². The van der Waals surface area contributed by atoms with Gasteiger partial charge in [-0.25, -0.2) is 4.79 Å². The van der Waals surface area contributed by atoms with Crippen molar-refractivity contribution in [2.45, 2.75) is 96.4 Å². The molecule has 0 spiro atoms. The molecule has 5 heteroatoms. The molecule has 2 saturated carbocycles. The third-order valence-electron chi connectivity index (χ3n) is 6.19. The number of carbonyl (C=O) groups is 2. The number of hydrogen-bond acceptors (Lipinski definition) is 5. The first-order valence-electron chi connectivity index (χ1n) is 11.2. The maximum Gasteiger partial charge on any atom is 0.511 e. The first-order chi connectivity index (χ1) is 14.0. The summed E-state index contributed by atoms with van der Waals surface area (Å²) in [5, 5.41) is 0. The molecular weight excluding hydrogens is 368 g/mol. The number of rotatable bonds is 7. The Morgan fingerprint density at radius 2 is 1.52 bits per heavy atom. The van der Waals surface area contributed by atoms with Crippen molar-refractivity contribution in [3.63, 3.8) is 0 Å². The Kier molecular flexibility index (Phi) is 7.96. The molecule has 2 aliphatic carbocycles. The highest BCUT2D eigenvalue weighted by atomic mass is 16.8. The smallest absolute Gasteiger partial charge is 0.431 e. The van der Waals surface area contributed by atoms with Gasteiger partial charge in [0.2, 0.25) is 6.29 Å². The first-order valence-corrected chi connectivity index (χ1v) is 11.2. The van der Waals surface area contributed by atoms with Crippen LogP contribution in [0.15, 0.2) is 24.3 Å². The minimum atomic E-state index is -0.970. The van der Waals surface area contributed by atoms with Crippen LogP contribution in [0.1, 0.15) is 88.7 Å². The van der Waals surface area contributed by atoms with E-state index in [4.69, 9.17) is 14.2 Å². The number of benzene rings is 1. The zero-order valence-corrected chi connectivity index (χ0v) is 17.7. The Balaban J connectivity index is 1.43. The van der Waals surface area contributed by atoms with Crippen LogP contribution >= 0.6 is 0 Å². The fraction of sp³-hybridized carbons (Fsp3) is 0.667. The fourth-order valence-electron chi connectivity index (χ4n) is 4.40. The lowest BCUT2D eigenvalue weighted by Gasteiger charge is -2.23. The van der Waals surface area contributed by atoms with Crippen LogP contribution < -0.4 is 0 Å². The van der Waals surface area contributed by atoms with Crippen LogP contribution in [0.5, 0.6) is 0 Å². The van der Waals surface area contributed by atoms with Crippen LogP contribution in [-0.4, -0.2) is 24.5 Å². The Bertz CT molecular complexity index is 656. The molecule has 0 heterocycles. The maximum absolute atomic E-state index is 12.4. The van der Waals surface area contributed by atoms with Crippen LogP contribution in [0.3, 0.4) is 0 Å². The van der Waals surface area contributed by atoms with Gasteiger partial charge in [0.15, 0.2) is 0 Å². The van der Waals surface area contributed by atoms with Gasteiger partial charge < -0.3 is 14.2 Å². The molecule has 1 aromatic carbocycles. The Morgan fingerprint density at radius 3 is 2.17 bits per heavy atom. The molecule has 3 rings (SSSR count). The summed E-state index contributed by atoms with van der Waals surface area (Å²) >= 11 is 0. The Hall–Kier alpha value is -2.04. The predicted molar refractivity (Wildman–Crippen MR) is 111 cm³/mol. The van der Waals surface area contributed by atoms with Gasteiger partial charge in [0.25, 0.3) is 0 Å². The summed E-state index contributed by atoms with van der Waals surface area (Å²) in [5.41, 5.74) is 2.23. The SMILES string of the molecule is CC(OC(=O)OC1CCCCC1)OC(=O)[C@@H](C)c1ccc(CC2CCCC2)cc1. The number of ether oxygens (including phenoxy) is 3. The molecule has 2 fully saturated rings. The largest absolute Gasteiger partial charge is 0.511 e. The third-order valence-corrected chi connectivity index (χ3v) is 6.19. The van der Waals surface area contributed by atoms with E-state index < -0.39 is 24.3 Å². The van der Waals surface area contributed by atoms with Crippen molar-refractivity contribution >= 4 is 12.1 Å². The molecule has 29 heavy (non-hydrogen) atoms. The van der Waals surface area contributed by atoms with E-state index in [2.05, 4.69) is 12.1 Å². The summed E-state index contributed by atoms with van der Waals surface area (Å²) in [6, 6.07) is 8.22. The topological polar surface area (TPSA) is 61.8 Å². The molecule has 5 nitrogen and oxygen atoms in total. The van der Waals surface area contributed by atoms with Gasteiger partial charge in [-0.05, 0) is 56.1 Å². The molecule has 0 saturated heterocycles. The van der Waals surface area contributed by atoms with Gasteiger partial charge in [0.05, 0.1) is 5.92 Å². The number of hydrogen-bond donors (Lipinski definition) is 0. The van der Waals surface area contributed by atoms with Crippen LogP contribution in [0.25, 0.3) is 0 Å². The molecule has 1 aromatic rings. The lowest BCUT2D eigenvalue weighted by Crippen LogP contribution is -2.27. The summed E-state index contributed by atoms with van der Waals surface area (Å²) in [6.45, 7) is 3.35. The van der Waals surface area contributed by atoms with Gasteiger partial charge >= 0.3 is 12.1 Å². The molecule has 0 aromatic heterocycles. The second-order valence-corrected chi connectivity index (χ2v) is 8.57. The van der Waals surface area contributed by atoms with E-state index in [0.29, 0.717) is 0 Å². The molecular formula is C24H34O5. The van der Waals surface area contributed by atoms with Gasteiger partial charge in [0.1, 0.15) is 6.10 Å². The predicted octanol–water partition coefficient (Wildman–Crippen LogP) is 5.90. The highest BCUT2D eigenvalue weighted by Gasteiger charge is 2.24. The van der Waals surface area contributed by atoms with E-state index in [1.54, 1.807) is 6.92 Å². The highest BCUT2D eigenvalue weighted by Crippen LogP contribution is 2.28. The summed E-state index contributed by atoms with van der Waals surface area (Å²) in [5.74, 6) is -0.0305. The van der Waals surface area contributed by atoms with Crippen LogP contribution in [-0.2, 0) is 25.4 Å². The van der Waals surface area contributed by atoms with Gasteiger partial charge in [-0.15, -0.1) is 0 Å². The van der Waals surface area contributed by atoms with E-state index in [1.807, 2.05) is 12.1 Å². The molecule has 0 aliphatic heterocycles. The lowest BCUT2D eigenvalue weighted by molar-refractivity contribution is -0.170. The lowest BCUT2D eigenvalue weighted by atomic mass is 9.95. The molecule has 0 N–H and O–H groups in total. The van der Waals surface area contributed by atoms with E-state index in [1.165, 1.54) is 44.6 Å². The van der Waals surface area contributed by atoms with Crippen LogP contribution in [0.4, 0.5) is 4.79 Å². The zero-order valence-electron chi connectivity index (χ0n) is 17.7.